The van der Waals surface area contributed by atoms with Crippen LogP contribution in [0.3, 0.4) is 0 Å². The zero-order valence-electron chi connectivity index (χ0n) is 17.9. The van der Waals surface area contributed by atoms with E-state index in [-0.39, 0.29) is 5.91 Å². The molecule has 1 aromatic carbocycles. The van der Waals surface area contributed by atoms with Crippen LogP contribution in [-0.4, -0.2) is 47.7 Å². The van der Waals surface area contributed by atoms with Crippen LogP contribution in [0.25, 0.3) is 0 Å². The molecule has 162 valence electrons. The molecular weight excluding hydrogens is 402 g/mol. The zero-order chi connectivity index (χ0) is 21.6. The third kappa shape index (κ3) is 6.23. The van der Waals surface area contributed by atoms with Gasteiger partial charge < -0.3 is 20.3 Å². The average molecular weight is 432 g/mol. The molecule has 0 saturated carbocycles. The van der Waals surface area contributed by atoms with Gasteiger partial charge in [-0.1, -0.05) is 11.6 Å². The van der Waals surface area contributed by atoms with Crippen molar-refractivity contribution in [2.24, 2.45) is 0 Å². The first kappa shape index (κ1) is 22.2. The zero-order valence-corrected chi connectivity index (χ0v) is 18.6. The highest BCUT2D eigenvalue weighted by atomic mass is 35.5. The van der Waals surface area contributed by atoms with E-state index >= 15 is 0 Å². The summed E-state index contributed by atoms with van der Waals surface area (Å²) in [5.41, 5.74) is -0.999. The Morgan fingerprint density at radius 2 is 1.83 bits per heavy atom. The Labute approximate surface area is 183 Å². The molecule has 3 rings (SSSR count). The van der Waals surface area contributed by atoms with Gasteiger partial charge in [0.1, 0.15) is 23.2 Å². The highest BCUT2D eigenvalue weighted by Crippen LogP contribution is 2.22. The van der Waals surface area contributed by atoms with Gasteiger partial charge in [-0.25, -0.2) is 9.97 Å². The number of aryl methyl sites for hydroxylation is 1. The summed E-state index contributed by atoms with van der Waals surface area (Å²) in [6.07, 6.45) is 3.68. The number of benzene rings is 1. The van der Waals surface area contributed by atoms with Crippen LogP contribution < -0.4 is 20.3 Å². The molecule has 2 aromatic rings. The van der Waals surface area contributed by atoms with Gasteiger partial charge in [0.25, 0.3) is 5.91 Å². The fraction of sp³-hybridized carbons (Fsp3) is 0.500. The number of ether oxygens (including phenoxy) is 1. The molecule has 1 aromatic heterocycles. The van der Waals surface area contributed by atoms with Crippen molar-refractivity contribution in [1.29, 1.82) is 0 Å². The molecule has 1 aliphatic heterocycles. The number of carbonyl (C=O) groups excluding carboxylic acids is 1. The normalized spacial score (nSPS) is 14.3. The van der Waals surface area contributed by atoms with E-state index in [1.165, 1.54) is 19.3 Å². The van der Waals surface area contributed by atoms with Gasteiger partial charge >= 0.3 is 0 Å². The quantitative estimate of drug-likeness (QED) is 0.618. The van der Waals surface area contributed by atoms with Gasteiger partial charge in [-0.2, -0.15) is 0 Å². The second-order valence-corrected chi connectivity index (χ2v) is 8.39. The largest absolute Gasteiger partial charge is 0.478 e. The number of amides is 1. The predicted molar refractivity (Wildman–Crippen MR) is 120 cm³/mol. The first-order chi connectivity index (χ1) is 14.3. The van der Waals surface area contributed by atoms with Crippen LogP contribution >= 0.6 is 11.6 Å². The van der Waals surface area contributed by atoms with Crippen molar-refractivity contribution in [2.75, 3.05) is 36.4 Å². The smallest absolute Gasteiger partial charge is 0.263 e. The number of nitrogens with zero attached hydrogens (tertiary/aromatic N) is 3. The molecule has 0 atom stereocenters. The average Bonchev–Trinajstić information content (AvgIpc) is 2.73. The lowest BCUT2D eigenvalue weighted by Gasteiger charge is -2.28. The van der Waals surface area contributed by atoms with Crippen molar-refractivity contribution in [2.45, 2.75) is 45.6 Å². The van der Waals surface area contributed by atoms with Gasteiger partial charge in [0.2, 0.25) is 0 Å². The number of piperidine rings is 1. The van der Waals surface area contributed by atoms with Crippen LogP contribution in [0.2, 0.25) is 5.02 Å². The minimum absolute atomic E-state index is 0.188. The minimum Gasteiger partial charge on any atom is -0.478 e. The number of halogens is 1. The Morgan fingerprint density at radius 3 is 2.53 bits per heavy atom. The van der Waals surface area contributed by atoms with Crippen LogP contribution in [0.1, 0.15) is 38.9 Å². The molecule has 2 heterocycles. The molecule has 7 nitrogen and oxygen atoms in total. The topological polar surface area (TPSA) is 79.4 Å². The highest BCUT2D eigenvalue weighted by Gasteiger charge is 2.29. The molecule has 0 radical (unpaired) electrons. The standard InChI is InChI=1S/C22H30ClN5O2/c1-16-26-19(15-20(27-16)28-13-5-4-6-14-28)24-11-12-25-21(29)22(2,3)30-18-9-7-17(23)8-10-18/h7-10,15H,4-6,11-14H2,1-3H3,(H,25,29)(H,24,26,27). The molecule has 1 aliphatic rings. The summed E-state index contributed by atoms with van der Waals surface area (Å²) in [6.45, 7) is 8.46. The van der Waals surface area contributed by atoms with Crippen molar-refractivity contribution in [1.82, 2.24) is 15.3 Å². The molecule has 1 saturated heterocycles. The third-order valence-electron chi connectivity index (χ3n) is 4.95. The maximum absolute atomic E-state index is 12.5. The lowest BCUT2D eigenvalue weighted by molar-refractivity contribution is -0.134. The molecule has 0 bridgehead atoms. The van der Waals surface area contributed by atoms with Crippen molar-refractivity contribution in [3.05, 3.63) is 41.2 Å². The SMILES string of the molecule is Cc1nc(NCCNC(=O)C(C)(C)Oc2ccc(Cl)cc2)cc(N2CCCCC2)n1. The molecule has 0 spiro atoms. The Kier molecular flexibility index (Phi) is 7.37. The van der Waals surface area contributed by atoms with Gasteiger partial charge in [-0.15, -0.1) is 0 Å². The summed E-state index contributed by atoms with van der Waals surface area (Å²) in [5, 5.41) is 6.81. The van der Waals surface area contributed by atoms with E-state index in [0.717, 1.165) is 30.5 Å². The Morgan fingerprint density at radius 1 is 1.13 bits per heavy atom. The number of carbonyl (C=O) groups is 1. The monoisotopic (exact) mass is 431 g/mol. The van der Waals surface area contributed by atoms with Crippen molar-refractivity contribution in [3.63, 3.8) is 0 Å². The summed E-state index contributed by atoms with van der Waals surface area (Å²) in [5.74, 6) is 2.88. The first-order valence-corrected chi connectivity index (χ1v) is 10.8. The van der Waals surface area contributed by atoms with Crippen LogP contribution in [0.5, 0.6) is 5.75 Å². The first-order valence-electron chi connectivity index (χ1n) is 10.4. The molecule has 2 N–H and O–H groups in total. The molecular formula is C22H30ClN5O2. The molecule has 0 aliphatic carbocycles. The molecule has 8 heteroatoms. The molecule has 1 amide bonds. The van der Waals surface area contributed by atoms with Gasteiger partial charge in [0.15, 0.2) is 5.60 Å². The lowest BCUT2D eigenvalue weighted by Crippen LogP contribution is -2.47. The van der Waals surface area contributed by atoms with Crippen molar-refractivity contribution in [3.8, 4) is 5.75 Å². The van der Waals surface area contributed by atoms with Crippen LogP contribution in [0, 0.1) is 6.92 Å². The van der Waals surface area contributed by atoms with E-state index < -0.39 is 5.60 Å². The van der Waals surface area contributed by atoms with Gasteiger partial charge in [-0.3, -0.25) is 4.79 Å². The number of aromatic nitrogens is 2. The Balaban J connectivity index is 1.48. The van der Waals surface area contributed by atoms with E-state index in [1.54, 1.807) is 38.1 Å². The van der Waals surface area contributed by atoms with E-state index in [2.05, 4.69) is 25.5 Å². The fourth-order valence-corrected chi connectivity index (χ4v) is 3.48. The van der Waals surface area contributed by atoms with Gasteiger partial charge in [0, 0.05) is 37.3 Å². The van der Waals surface area contributed by atoms with E-state index in [9.17, 15) is 4.79 Å². The minimum atomic E-state index is -0.999. The van der Waals surface area contributed by atoms with E-state index in [0.29, 0.717) is 23.9 Å². The molecule has 1 fully saturated rings. The second-order valence-electron chi connectivity index (χ2n) is 7.96. The summed E-state index contributed by atoms with van der Waals surface area (Å²) < 4.78 is 5.82. The summed E-state index contributed by atoms with van der Waals surface area (Å²) in [4.78, 5) is 23.9. The number of hydrogen-bond acceptors (Lipinski definition) is 6. The summed E-state index contributed by atoms with van der Waals surface area (Å²) in [6, 6.07) is 8.94. The van der Waals surface area contributed by atoms with Gasteiger partial charge in [0.05, 0.1) is 0 Å². The number of anilines is 2. The second kappa shape index (κ2) is 9.98. The van der Waals surface area contributed by atoms with Crippen LogP contribution in [0.15, 0.2) is 30.3 Å². The Bertz CT molecular complexity index is 851. The van der Waals surface area contributed by atoms with Crippen molar-refractivity contribution >= 4 is 29.1 Å². The van der Waals surface area contributed by atoms with Gasteiger partial charge in [-0.05, 0) is 64.3 Å². The number of hydrogen-bond donors (Lipinski definition) is 2. The lowest BCUT2D eigenvalue weighted by atomic mass is 10.1. The number of rotatable bonds is 8. The number of nitrogens with one attached hydrogen (secondary N) is 2. The fourth-order valence-electron chi connectivity index (χ4n) is 3.35. The van der Waals surface area contributed by atoms with E-state index in [1.807, 2.05) is 13.0 Å². The predicted octanol–water partition coefficient (Wildman–Crippen LogP) is 3.81. The van der Waals surface area contributed by atoms with E-state index in [4.69, 9.17) is 16.3 Å². The molecule has 0 unspecified atom stereocenters. The third-order valence-corrected chi connectivity index (χ3v) is 5.21. The van der Waals surface area contributed by atoms with Crippen molar-refractivity contribution < 1.29 is 9.53 Å². The maximum Gasteiger partial charge on any atom is 0.263 e. The highest BCUT2D eigenvalue weighted by molar-refractivity contribution is 6.30. The summed E-state index contributed by atoms with van der Waals surface area (Å²) >= 11 is 5.89. The molecule has 30 heavy (non-hydrogen) atoms. The van der Waals surface area contributed by atoms with Crippen LogP contribution in [0.4, 0.5) is 11.6 Å². The van der Waals surface area contributed by atoms with Crippen LogP contribution in [-0.2, 0) is 4.79 Å². The Hall–Kier alpha value is -2.54. The summed E-state index contributed by atoms with van der Waals surface area (Å²) in [7, 11) is 0. The maximum atomic E-state index is 12.5.